The van der Waals surface area contributed by atoms with Gasteiger partial charge in [-0.3, -0.25) is 0 Å². The SMILES string of the molecule is Cc1cc(C#N)cc(Nc2ccc(F)cc2)n1. The number of anilines is 2. The lowest BCUT2D eigenvalue weighted by Gasteiger charge is -2.06. The lowest BCUT2D eigenvalue weighted by Crippen LogP contribution is -1.96. The normalized spacial score (nSPS) is 9.71. The van der Waals surface area contributed by atoms with Crippen molar-refractivity contribution in [2.45, 2.75) is 6.92 Å². The number of aromatic nitrogens is 1. The van der Waals surface area contributed by atoms with E-state index in [2.05, 4.69) is 16.4 Å². The van der Waals surface area contributed by atoms with Crippen LogP contribution in [0.3, 0.4) is 0 Å². The maximum atomic E-state index is 12.7. The molecule has 17 heavy (non-hydrogen) atoms. The highest BCUT2D eigenvalue weighted by Gasteiger charge is 2.00. The molecular formula is C13H10FN3. The van der Waals surface area contributed by atoms with Crippen molar-refractivity contribution in [2.75, 3.05) is 5.32 Å². The zero-order chi connectivity index (χ0) is 12.3. The molecule has 0 unspecified atom stereocenters. The number of hydrogen-bond donors (Lipinski definition) is 1. The number of benzene rings is 1. The van der Waals surface area contributed by atoms with Crippen molar-refractivity contribution in [3.05, 3.63) is 53.5 Å². The predicted octanol–water partition coefficient (Wildman–Crippen LogP) is 3.14. The predicted molar refractivity (Wildman–Crippen MR) is 63.4 cm³/mol. The second-order valence-corrected chi connectivity index (χ2v) is 3.63. The van der Waals surface area contributed by atoms with Crippen molar-refractivity contribution >= 4 is 11.5 Å². The summed E-state index contributed by atoms with van der Waals surface area (Å²) in [6, 6.07) is 11.4. The Balaban J connectivity index is 2.27. The van der Waals surface area contributed by atoms with Gasteiger partial charge in [0, 0.05) is 11.4 Å². The Bertz CT molecular complexity index is 570. The Kier molecular flexibility index (Phi) is 3.01. The number of aryl methyl sites for hydroxylation is 1. The summed E-state index contributed by atoms with van der Waals surface area (Å²) in [5.41, 5.74) is 2.03. The molecule has 4 heteroatoms. The Morgan fingerprint density at radius 3 is 2.59 bits per heavy atom. The van der Waals surface area contributed by atoms with Crippen LogP contribution in [0.15, 0.2) is 36.4 Å². The molecule has 0 saturated heterocycles. The third-order valence-corrected chi connectivity index (χ3v) is 2.20. The second kappa shape index (κ2) is 4.62. The van der Waals surface area contributed by atoms with E-state index in [4.69, 9.17) is 5.26 Å². The van der Waals surface area contributed by atoms with Crippen LogP contribution in [0.5, 0.6) is 0 Å². The van der Waals surface area contributed by atoms with E-state index >= 15 is 0 Å². The van der Waals surface area contributed by atoms with Crippen LogP contribution in [0.1, 0.15) is 11.3 Å². The Hall–Kier alpha value is -2.41. The summed E-state index contributed by atoms with van der Waals surface area (Å²) >= 11 is 0. The fraction of sp³-hybridized carbons (Fsp3) is 0.0769. The van der Waals surface area contributed by atoms with Gasteiger partial charge in [-0.15, -0.1) is 0 Å². The zero-order valence-corrected chi connectivity index (χ0v) is 9.24. The zero-order valence-electron chi connectivity index (χ0n) is 9.24. The molecule has 3 nitrogen and oxygen atoms in total. The van der Waals surface area contributed by atoms with E-state index in [1.807, 2.05) is 6.92 Å². The summed E-state index contributed by atoms with van der Waals surface area (Å²) in [5, 5.41) is 11.9. The molecule has 0 aliphatic rings. The van der Waals surface area contributed by atoms with Crippen molar-refractivity contribution < 1.29 is 4.39 Å². The third-order valence-electron chi connectivity index (χ3n) is 2.20. The van der Waals surface area contributed by atoms with Crippen LogP contribution in [-0.4, -0.2) is 4.98 Å². The minimum atomic E-state index is -0.287. The molecule has 0 bridgehead atoms. The molecule has 1 N–H and O–H groups in total. The molecule has 2 aromatic rings. The number of nitrogens with zero attached hydrogens (tertiary/aromatic N) is 2. The number of halogens is 1. The number of nitriles is 1. The molecule has 0 atom stereocenters. The highest BCUT2D eigenvalue weighted by molar-refractivity contribution is 5.57. The first-order valence-corrected chi connectivity index (χ1v) is 5.09. The fourth-order valence-electron chi connectivity index (χ4n) is 1.48. The topological polar surface area (TPSA) is 48.7 Å². The molecule has 2 rings (SSSR count). The van der Waals surface area contributed by atoms with Gasteiger partial charge in [0.25, 0.3) is 0 Å². The molecule has 1 heterocycles. The van der Waals surface area contributed by atoms with Crippen molar-refractivity contribution in [2.24, 2.45) is 0 Å². The van der Waals surface area contributed by atoms with Crippen LogP contribution in [0, 0.1) is 24.1 Å². The van der Waals surface area contributed by atoms with Gasteiger partial charge < -0.3 is 5.32 Å². The van der Waals surface area contributed by atoms with E-state index in [-0.39, 0.29) is 5.82 Å². The highest BCUT2D eigenvalue weighted by atomic mass is 19.1. The maximum absolute atomic E-state index is 12.7. The van der Waals surface area contributed by atoms with Gasteiger partial charge in [-0.2, -0.15) is 5.26 Å². The van der Waals surface area contributed by atoms with E-state index in [0.29, 0.717) is 11.4 Å². The van der Waals surface area contributed by atoms with Gasteiger partial charge in [0.15, 0.2) is 0 Å². The Labute approximate surface area is 98.5 Å². The minimum absolute atomic E-state index is 0.287. The van der Waals surface area contributed by atoms with Crippen molar-refractivity contribution in [3.8, 4) is 6.07 Å². The number of rotatable bonds is 2. The van der Waals surface area contributed by atoms with E-state index in [1.165, 1.54) is 12.1 Å². The van der Waals surface area contributed by atoms with Crippen molar-refractivity contribution in [1.29, 1.82) is 5.26 Å². The van der Waals surface area contributed by atoms with Gasteiger partial charge in [0.1, 0.15) is 11.6 Å². The molecule has 0 amide bonds. The molecular weight excluding hydrogens is 217 g/mol. The second-order valence-electron chi connectivity index (χ2n) is 3.63. The van der Waals surface area contributed by atoms with Gasteiger partial charge in [-0.25, -0.2) is 9.37 Å². The van der Waals surface area contributed by atoms with E-state index in [1.54, 1.807) is 24.3 Å². The number of pyridine rings is 1. The lowest BCUT2D eigenvalue weighted by atomic mass is 10.2. The van der Waals surface area contributed by atoms with E-state index < -0.39 is 0 Å². The number of hydrogen-bond acceptors (Lipinski definition) is 3. The van der Waals surface area contributed by atoms with Gasteiger partial charge in [0.05, 0.1) is 11.6 Å². The highest BCUT2D eigenvalue weighted by Crippen LogP contribution is 2.16. The minimum Gasteiger partial charge on any atom is -0.340 e. The van der Waals surface area contributed by atoms with Gasteiger partial charge in [-0.05, 0) is 43.3 Å². The first kappa shape index (κ1) is 11.1. The molecule has 0 saturated carbocycles. The van der Waals surface area contributed by atoms with Crippen LogP contribution < -0.4 is 5.32 Å². The van der Waals surface area contributed by atoms with Crippen LogP contribution in [0.2, 0.25) is 0 Å². The van der Waals surface area contributed by atoms with Crippen LogP contribution in [0.25, 0.3) is 0 Å². The molecule has 1 aromatic heterocycles. The molecule has 0 fully saturated rings. The summed E-state index contributed by atoms with van der Waals surface area (Å²) in [5.74, 6) is 0.290. The van der Waals surface area contributed by atoms with Crippen LogP contribution in [0.4, 0.5) is 15.9 Å². The Morgan fingerprint density at radius 1 is 1.24 bits per heavy atom. The average molecular weight is 227 g/mol. The molecule has 0 radical (unpaired) electrons. The summed E-state index contributed by atoms with van der Waals surface area (Å²) in [6.07, 6.45) is 0. The lowest BCUT2D eigenvalue weighted by molar-refractivity contribution is 0.628. The molecule has 84 valence electrons. The van der Waals surface area contributed by atoms with E-state index in [0.717, 1.165) is 11.4 Å². The Morgan fingerprint density at radius 2 is 1.94 bits per heavy atom. The standard InChI is InChI=1S/C13H10FN3/c1-9-6-10(8-15)7-13(16-9)17-12-4-2-11(14)3-5-12/h2-7H,1H3,(H,16,17). The fourth-order valence-corrected chi connectivity index (χ4v) is 1.48. The maximum Gasteiger partial charge on any atom is 0.131 e. The summed E-state index contributed by atoms with van der Waals surface area (Å²) in [7, 11) is 0. The average Bonchev–Trinajstić information content (AvgIpc) is 2.31. The first-order valence-electron chi connectivity index (χ1n) is 5.09. The summed E-state index contributed by atoms with van der Waals surface area (Å²) < 4.78 is 12.7. The van der Waals surface area contributed by atoms with Gasteiger partial charge in [0.2, 0.25) is 0 Å². The molecule has 0 aliphatic carbocycles. The monoisotopic (exact) mass is 227 g/mol. The first-order chi connectivity index (χ1) is 8.17. The van der Waals surface area contributed by atoms with Crippen LogP contribution in [-0.2, 0) is 0 Å². The number of nitrogens with one attached hydrogen (secondary N) is 1. The van der Waals surface area contributed by atoms with Gasteiger partial charge >= 0.3 is 0 Å². The molecule has 0 spiro atoms. The summed E-state index contributed by atoms with van der Waals surface area (Å²) in [4.78, 5) is 4.24. The van der Waals surface area contributed by atoms with E-state index in [9.17, 15) is 4.39 Å². The largest absolute Gasteiger partial charge is 0.340 e. The summed E-state index contributed by atoms with van der Waals surface area (Å²) in [6.45, 7) is 1.82. The smallest absolute Gasteiger partial charge is 0.131 e. The van der Waals surface area contributed by atoms with Crippen molar-refractivity contribution in [3.63, 3.8) is 0 Å². The molecule has 1 aromatic carbocycles. The van der Waals surface area contributed by atoms with Crippen LogP contribution >= 0.6 is 0 Å². The molecule has 0 aliphatic heterocycles. The third kappa shape index (κ3) is 2.79. The van der Waals surface area contributed by atoms with Gasteiger partial charge in [-0.1, -0.05) is 0 Å². The van der Waals surface area contributed by atoms with Crippen molar-refractivity contribution in [1.82, 2.24) is 4.98 Å². The quantitative estimate of drug-likeness (QED) is 0.857.